The van der Waals surface area contributed by atoms with Gasteiger partial charge in [0, 0.05) is 0 Å². The SMILES string of the molecule is C=CCOC(F)(F)C(F)(F)S(=O)(=O)O. The van der Waals surface area contributed by atoms with Crippen LogP contribution in [0.4, 0.5) is 17.6 Å². The summed E-state index contributed by atoms with van der Waals surface area (Å²) in [7, 11) is -6.23. The van der Waals surface area contributed by atoms with E-state index < -0.39 is 28.1 Å². The lowest BCUT2D eigenvalue weighted by molar-refractivity contribution is -0.313. The summed E-state index contributed by atoms with van der Waals surface area (Å²) in [6.07, 6.45) is -4.59. The molecule has 0 aromatic heterocycles. The van der Waals surface area contributed by atoms with E-state index in [9.17, 15) is 26.0 Å². The van der Waals surface area contributed by atoms with E-state index in [4.69, 9.17) is 4.55 Å². The third kappa shape index (κ3) is 2.42. The van der Waals surface area contributed by atoms with Crippen LogP contribution in [0.3, 0.4) is 0 Å². The van der Waals surface area contributed by atoms with E-state index in [1.807, 2.05) is 0 Å². The van der Waals surface area contributed by atoms with Gasteiger partial charge < -0.3 is 4.74 Å². The van der Waals surface area contributed by atoms with E-state index in [1.165, 1.54) is 0 Å². The van der Waals surface area contributed by atoms with Crippen LogP contribution in [0.15, 0.2) is 12.7 Å². The molecule has 0 unspecified atom stereocenters. The molecule has 0 aliphatic rings. The Balaban J connectivity index is 4.97. The van der Waals surface area contributed by atoms with Crippen molar-refractivity contribution in [1.82, 2.24) is 0 Å². The molecule has 0 saturated heterocycles. The highest BCUT2D eigenvalue weighted by molar-refractivity contribution is 7.86. The zero-order valence-corrected chi connectivity index (χ0v) is 7.40. The van der Waals surface area contributed by atoms with E-state index in [0.29, 0.717) is 6.08 Å². The van der Waals surface area contributed by atoms with E-state index in [2.05, 4.69) is 11.3 Å². The van der Waals surface area contributed by atoms with Crippen molar-refractivity contribution < 1.29 is 35.3 Å². The molecule has 0 saturated carbocycles. The summed E-state index contributed by atoms with van der Waals surface area (Å²) in [6, 6.07) is 0. The molecule has 14 heavy (non-hydrogen) atoms. The molecule has 0 bridgehead atoms. The second-order valence-electron chi connectivity index (χ2n) is 2.11. The Morgan fingerprint density at radius 2 is 1.79 bits per heavy atom. The van der Waals surface area contributed by atoms with Gasteiger partial charge in [-0.2, -0.15) is 26.0 Å². The first kappa shape index (κ1) is 13.3. The van der Waals surface area contributed by atoms with Crippen LogP contribution in [0, 0.1) is 0 Å². The van der Waals surface area contributed by atoms with E-state index in [0.717, 1.165) is 0 Å². The number of hydrogen-bond donors (Lipinski definition) is 1. The highest BCUT2D eigenvalue weighted by atomic mass is 32.2. The van der Waals surface area contributed by atoms with Gasteiger partial charge in [0.1, 0.15) is 0 Å². The van der Waals surface area contributed by atoms with Crippen molar-refractivity contribution in [3.05, 3.63) is 12.7 Å². The molecule has 0 aliphatic carbocycles. The summed E-state index contributed by atoms with van der Waals surface area (Å²) in [5, 5.41) is -5.69. The molecule has 84 valence electrons. The second kappa shape index (κ2) is 3.83. The number of ether oxygens (including phenoxy) is 1. The Morgan fingerprint density at radius 3 is 2.07 bits per heavy atom. The summed E-state index contributed by atoms with van der Waals surface area (Å²) in [5.41, 5.74) is 0. The Morgan fingerprint density at radius 1 is 1.36 bits per heavy atom. The Kier molecular flexibility index (Phi) is 3.65. The molecule has 0 atom stereocenters. The zero-order chi connectivity index (χ0) is 11.6. The Labute approximate surface area is 76.9 Å². The fourth-order valence-electron chi connectivity index (χ4n) is 0.398. The molecule has 1 N–H and O–H groups in total. The first-order valence-electron chi connectivity index (χ1n) is 3.04. The summed E-state index contributed by atoms with van der Waals surface area (Å²) < 4.78 is 80.0. The van der Waals surface area contributed by atoms with Gasteiger partial charge in [-0.05, 0) is 0 Å². The van der Waals surface area contributed by atoms with Crippen LogP contribution in [0.25, 0.3) is 0 Å². The number of rotatable bonds is 5. The van der Waals surface area contributed by atoms with Crippen molar-refractivity contribution in [3.63, 3.8) is 0 Å². The summed E-state index contributed by atoms with van der Waals surface area (Å²) in [5.74, 6) is 0. The van der Waals surface area contributed by atoms with Gasteiger partial charge in [0.2, 0.25) is 0 Å². The van der Waals surface area contributed by atoms with Crippen LogP contribution in [0.5, 0.6) is 0 Å². The maximum absolute atomic E-state index is 12.3. The second-order valence-corrected chi connectivity index (χ2v) is 3.57. The van der Waals surface area contributed by atoms with Crippen molar-refractivity contribution in [2.75, 3.05) is 6.61 Å². The maximum atomic E-state index is 12.3. The minimum absolute atomic E-state index is 0.716. The predicted octanol–water partition coefficient (Wildman–Crippen LogP) is 1.26. The van der Waals surface area contributed by atoms with Gasteiger partial charge in [0.05, 0.1) is 6.61 Å². The average Bonchev–Trinajstić information content (AvgIpc) is 1.98. The topological polar surface area (TPSA) is 63.6 Å². The molecule has 9 heteroatoms. The van der Waals surface area contributed by atoms with E-state index in [1.54, 1.807) is 0 Å². The highest BCUT2D eigenvalue weighted by Gasteiger charge is 2.67. The Hall–Kier alpha value is -0.670. The normalized spacial score (nSPS) is 14.1. The van der Waals surface area contributed by atoms with Gasteiger partial charge in [0.25, 0.3) is 0 Å². The lowest BCUT2D eigenvalue weighted by Crippen LogP contribution is -2.48. The molecule has 0 rings (SSSR count). The molecule has 0 heterocycles. The van der Waals surface area contributed by atoms with Crippen molar-refractivity contribution >= 4 is 10.1 Å². The van der Waals surface area contributed by atoms with Gasteiger partial charge >= 0.3 is 21.5 Å². The molecule has 4 nitrogen and oxygen atoms in total. The smallest absolute Gasteiger partial charge is 0.311 e. The lowest BCUT2D eigenvalue weighted by atomic mass is 10.6. The van der Waals surface area contributed by atoms with Gasteiger partial charge in [-0.25, -0.2) is 0 Å². The molecule has 0 fully saturated rings. The molecule has 0 amide bonds. The molecule has 0 aliphatic heterocycles. The number of hydrogen-bond acceptors (Lipinski definition) is 3. The predicted molar refractivity (Wildman–Crippen MR) is 37.6 cm³/mol. The monoisotopic (exact) mass is 238 g/mol. The van der Waals surface area contributed by atoms with Crippen LogP contribution >= 0.6 is 0 Å². The number of alkyl halides is 4. The molecule has 0 spiro atoms. The fraction of sp³-hybridized carbons (Fsp3) is 0.600. The van der Waals surface area contributed by atoms with E-state index >= 15 is 0 Å². The van der Waals surface area contributed by atoms with Gasteiger partial charge in [-0.1, -0.05) is 6.08 Å². The van der Waals surface area contributed by atoms with Crippen LogP contribution < -0.4 is 0 Å². The number of halogens is 4. The molecular weight excluding hydrogens is 232 g/mol. The largest absolute Gasteiger partial charge is 0.459 e. The summed E-state index contributed by atoms with van der Waals surface area (Å²) in [4.78, 5) is 0. The standard InChI is InChI=1S/C5H6F4O4S/c1-2-3-13-4(6,7)5(8,9)14(10,11)12/h2H,1,3H2,(H,10,11,12). The fourth-order valence-corrected chi connectivity index (χ4v) is 0.757. The van der Waals surface area contributed by atoms with Crippen LogP contribution in [-0.4, -0.2) is 30.9 Å². The zero-order valence-electron chi connectivity index (χ0n) is 6.58. The lowest BCUT2D eigenvalue weighted by Gasteiger charge is -2.22. The quantitative estimate of drug-likeness (QED) is 0.445. The molecule has 0 aromatic carbocycles. The van der Waals surface area contributed by atoms with Crippen LogP contribution in [-0.2, 0) is 14.9 Å². The van der Waals surface area contributed by atoms with E-state index in [-0.39, 0.29) is 0 Å². The van der Waals surface area contributed by atoms with Gasteiger partial charge in [-0.15, -0.1) is 6.58 Å². The van der Waals surface area contributed by atoms with Crippen LogP contribution in [0.1, 0.15) is 0 Å². The van der Waals surface area contributed by atoms with Crippen molar-refractivity contribution in [3.8, 4) is 0 Å². The summed E-state index contributed by atoms with van der Waals surface area (Å²) in [6.45, 7) is 1.90. The maximum Gasteiger partial charge on any atom is 0.459 e. The van der Waals surface area contributed by atoms with Gasteiger partial charge in [0.15, 0.2) is 0 Å². The van der Waals surface area contributed by atoms with Crippen molar-refractivity contribution in [1.29, 1.82) is 0 Å². The highest BCUT2D eigenvalue weighted by Crippen LogP contribution is 2.38. The van der Waals surface area contributed by atoms with Crippen molar-refractivity contribution in [2.45, 2.75) is 11.4 Å². The molecule has 0 aromatic rings. The summed E-state index contributed by atoms with van der Waals surface area (Å²) >= 11 is 0. The average molecular weight is 238 g/mol. The third-order valence-corrected chi connectivity index (χ3v) is 1.93. The van der Waals surface area contributed by atoms with Crippen LogP contribution in [0.2, 0.25) is 0 Å². The van der Waals surface area contributed by atoms with Crippen molar-refractivity contribution in [2.24, 2.45) is 0 Å². The molecular formula is C5H6F4O4S. The molecule has 0 radical (unpaired) electrons. The first-order chi connectivity index (χ1) is 6.06. The first-order valence-corrected chi connectivity index (χ1v) is 4.48. The minimum Gasteiger partial charge on any atom is -0.311 e. The Bertz CT molecular complexity index is 310. The van der Waals surface area contributed by atoms with Gasteiger partial charge in [-0.3, -0.25) is 4.55 Å². The minimum atomic E-state index is -6.23. The third-order valence-electron chi connectivity index (χ3n) is 1.05.